The van der Waals surface area contributed by atoms with Gasteiger partial charge in [0.15, 0.2) is 0 Å². The van der Waals surface area contributed by atoms with Crippen molar-refractivity contribution in [2.45, 2.75) is 19.8 Å². The Labute approximate surface area is 148 Å². The highest BCUT2D eigenvalue weighted by molar-refractivity contribution is 5.82. The van der Waals surface area contributed by atoms with Crippen LogP contribution in [0.4, 0.5) is 4.79 Å². The molecule has 25 heavy (non-hydrogen) atoms. The van der Waals surface area contributed by atoms with Crippen LogP contribution in [0.25, 0.3) is 0 Å². The average Bonchev–Trinajstić information content (AvgIpc) is 3.47. The Balaban J connectivity index is 1.37. The zero-order valence-corrected chi connectivity index (χ0v) is 15.0. The van der Waals surface area contributed by atoms with Crippen LogP contribution in [0, 0.1) is 5.92 Å². The summed E-state index contributed by atoms with van der Waals surface area (Å²) in [6.07, 6.45) is 1.77. The second-order valence-corrected chi connectivity index (χ2v) is 6.94. The predicted molar refractivity (Wildman–Crippen MR) is 90.9 cm³/mol. The highest BCUT2D eigenvalue weighted by Gasteiger charge is 2.35. The van der Waals surface area contributed by atoms with Gasteiger partial charge in [-0.1, -0.05) is 0 Å². The number of carbonyl (C=O) groups excluding carboxylic acids is 3. The van der Waals surface area contributed by atoms with Gasteiger partial charge in [-0.15, -0.1) is 0 Å². The van der Waals surface area contributed by atoms with Crippen molar-refractivity contribution in [2.75, 3.05) is 65.5 Å². The molecule has 3 amide bonds. The lowest BCUT2D eigenvalue weighted by molar-refractivity contribution is -0.141. The van der Waals surface area contributed by atoms with Gasteiger partial charge in [0.1, 0.15) is 0 Å². The number of amides is 3. The Morgan fingerprint density at radius 1 is 0.840 bits per heavy atom. The molecular formula is C17H28N4O4. The van der Waals surface area contributed by atoms with Gasteiger partial charge in [0, 0.05) is 58.3 Å². The first-order chi connectivity index (χ1) is 12.1. The molecule has 2 saturated heterocycles. The monoisotopic (exact) mass is 352 g/mol. The van der Waals surface area contributed by atoms with Gasteiger partial charge in [0.2, 0.25) is 11.8 Å². The zero-order valence-electron chi connectivity index (χ0n) is 15.0. The number of carbonyl (C=O) groups is 3. The molecule has 2 aliphatic heterocycles. The van der Waals surface area contributed by atoms with Crippen LogP contribution in [0.2, 0.25) is 0 Å². The van der Waals surface area contributed by atoms with E-state index in [0.29, 0.717) is 65.5 Å². The maximum atomic E-state index is 12.5. The predicted octanol–water partition coefficient (Wildman–Crippen LogP) is -0.159. The largest absolute Gasteiger partial charge is 0.450 e. The first kappa shape index (κ1) is 18.0. The molecule has 0 aromatic heterocycles. The third-order valence-corrected chi connectivity index (χ3v) is 5.13. The van der Waals surface area contributed by atoms with Crippen molar-refractivity contribution in [1.82, 2.24) is 19.6 Å². The molecule has 0 aromatic rings. The van der Waals surface area contributed by atoms with E-state index in [4.69, 9.17) is 4.74 Å². The van der Waals surface area contributed by atoms with Gasteiger partial charge in [-0.05, 0) is 19.8 Å². The Bertz CT molecular complexity index is 507. The summed E-state index contributed by atoms with van der Waals surface area (Å²) in [5.74, 6) is 0.628. The lowest BCUT2D eigenvalue weighted by Crippen LogP contribution is -2.55. The van der Waals surface area contributed by atoms with Crippen LogP contribution in [0.3, 0.4) is 0 Å². The summed E-state index contributed by atoms with van der Waals surface area (Å²) >= 11 is 0. The summed E-state index contributed by atoms with van der Waals surface area (Å²) < 4.78 is 5.00. The SMILES string of the molecule is CCOC(=O)N1CCN(CC(=O)N2CCN(C(=O)C3CC3)CC2)CC1. The Hall–Kier alpha value is -1.83. The Morgan fingerprint density at radius 2 is 1.40 bits per heavy atom. The molecule has 0 radical (unpaired) electrons. The van der Waals surface area contributed by atoms with Crippen LogP contribution in [-0.2, 0) is 14.3 Å². The van der Waals surface area contributed by atoms with Gasteiger partial charge in [0.25, 0.3) is 0 Å². The van der Waals surface area contributed by atoms with Crippen molar-refractivity contribution in [3.05, 3.63) is 0 Å². The van der Waals surface area contributed by atoms with Gasteiger partial charge in [0.05, 0.1) is 13.2 Å². The number of nitrogens with zero attached hydrogens (tertiary/aromatic N) is 4. The van der Waals surface area contributed by atoms with Crippen LogP contribution in [0.5, 0.6) is 0 Å². The molecule has 3 rings (SSSR count). The van der Waals surface area contributed by atoms with Crippen LogP contribution in [0.15, 0.2) is 0 Å². The normalized spacial score (nSPS) is 22.0. The van der Waals surface area contributed by atoms with E-state index >= 15 is 0 Å². The molecule has 8 nitrogen and oxygen atoms in total. The number of ether oxygens (including phenoxy) is 1. The van der Waals surface area contributed by atoms with E-state index in [1.807, 2.05) is 9.80 Å². The summed E-state index contributed by atoms with van der Waals surface area (Å²) in [5, 5.41) is 0. The molecular weight excluding hydrogens is 324 g/mol. The molecule has 8 heteroatoms. The fourth-order valence-electron chi connectivity index (χ4n) is 3.36. The van der Waals surface area contributed by atoms with E-state index in [9.17, 15) is 14.4 Å². The fourth-order valence-corrected chi connectivity index (χ4v) is 3.36. The number of piperazine rings is 2. The van der Waals surface area contributed by atoms with Crippen LogP contribution < -0.4 is 0 Å². The van der Waals surface area contributed by atoms with E-state index in [-0.39, 0.29) is 23.8 Å². The first-order valence-electron chi connectivity index (χ1n) is 9.29. The molecule has 3 aliphatic rings. The van der Waals surface area contributed by atoms with Gasteiger partial charge in [-0.2, -0.15) is 0 Å². The molecule has 0 N–H and O–H groups in total. The zero-order chi connectivity index (χ0) is 17.8. The minimum atomic E-state index is -0.273. The summed E-state index contributed by atoms with van der Waals surface area (Å²) in [6, 6.07) is 0. The van der Waals surface area contributed by atoms with Crippen molar-refractivity contribution in [3.8, 4) is 0 Å². The average molecular weight is 352 g/mol. The number of hydrogen-bond acceptors (Lipinski definition) is 5. The molecule has 1 aliphatic carbocycles. The van der Waals surface area contributed by atoms with Gasteiger partial charge in [-0.25, -0.2) is 4.79 Å². The number of hydrogen-bond donors (Lipinski definition) is 0. The van der Waals surface area contributed by atoms with E-state index in [2.05, 4.69) is 4.90 Å². The fraction of sp³-hybridized carbons (Fsp3) is 0.824. The van der Waals surface area contributed by atoms with Crippen molar-refractivity contribution in [2.24, 2.45) is 5.92 Å². The van der Waals surface area contributed by atoms with Crippen LogP contribution in [-0.4, -0.2) is 103 Å². The molecule has 2 heterocycles. The molecule has 1 saturated carbocycles. The third kappa shape index (κ3) is 4.62. The second kappa shape index (κ2) is 8.03. The van der Waals surface area contributed by atoms with E-state index in [1.165, 1.54) is 0 Å². The molecule has 0 bridgehead atoms. The highest BCUT2D eigenvalue weighted by atomic mass is 16.6. The quantitative estimate of drug-likeness (QED) is 0.703. The standard InChI is InChI=1S/C17H28N4O4/c1-2-25-17(24)21-7-5-18(6-8-21)13-15(22)19-9-11-20(12-10-19)16(23)14-3-4-14/h14H,2-13H2,1H3. The van der Waals surface area contributed by atoms with Crippen LogP contribution >= 0.6 is 0 Å². The Morgan fingerprint density at radius 3 is 1.96 bits per heavy atom. The first-order valence-corrected chi connectivity index (χ1v) is 9.29. The molecule has 0 spiro atoms. The summed E-state index contributed by atoms with van der Waals surface area (Å²) in [6.45, 7) is 7.67. The van der Waals surface area contributed by atoms with Crippen molar-refractivity contribution in [1.29, 1.82) is 0 Å². The molecule has 0 atom stereocenters. The summed E-state index contributed by atoms with van der Waals surface area (Å²) in [4.78, 5) is 43.8. The second-order valence-electron chi connectivity index (χ2n) is 6.94. The van der Waals surface area contributed by atoms with E-state index < -0.39 is 0 Å². The topological polar surface area (TPSA) is 73.4 Å². The van der Waals surface area contributed by atoms with Gasteiger partial charge in [-0.3, -0.25) is 14.5 Å². The molecule has 3 fully saturated rings. The minimum absolute atomic E-state index is 0.114. The summed E-state index contributed by atoms with van der Waals surface area (Å²) in [5.41, 5.74) is 0. The molecule has 0 aromatic carbocycles. The van der Waals surface area contributed by atoms with E-state index in [1.54, 1.807) is 11.8 Å². The smallest absolute Gasteiger partial charge is 0.409 e. The molecule has 140 valence electrons. The Kier molecular flexibility index (Phi) is 5.78. The van der Waals surface area contributed by atoms with Crippen molar-refractivity contribution in [3.63, 3.8) is 0 Å². The lowest BCUT2D eigenvalue weighted by atomic mass is 10.2. The van der Waals surface area contributed by atoms with Crippen molar-refractivity contribution < 1.29 is 19.1 Å². The molecule has 0 unspecified atom stereocenters. The van der Waals surface area contributed by atoms with Gasteiger partial charge < -0.3 is 19.4 Å². The lowest BCUT2D eigenvalue weighted by Gasteiger charge is -2.37. The maximum absolute atomic E-state index is 12.5. The third-order valence-electron chi connectivity index (χ3n) is 5.13. The van der Waals surface area contributed by atoms with Gasteiger partial charge >= 0.3 is 6.09 Å². The number of rotatable bonds is 4. The van der Waals surface area contributed by atoms with E-state index in [0.717, 1.165) is 12.8 Å². The van der Waals surface area contributed by atoms with Crippen molar-refractivity contribution >= 4 is 17.9 Å². The highest BCUT2D eigenvalue weighted by Crippen LogP contribution is 2.31. The van der Waals surface area contributed by atoms with Crippen LogP contribution in [0.1, 0.15) is 19.8 Å². The maximum Gasteiger partial charge on any atom is 0.409 e. The summed E-state index contributed by atoms with van der Waals surface area (Å²) in [7, 11) is 0. The minimum Gasteiger partial charge on any atom is -0.450 e.